The van der Waals surface area contributed by atoms with E-state index >= 15 is 0 Å². The number of aromatic nitrogens is 1. The van der Waals surface area contributed by atoms with Gasteiger partial charge >= 0.3 is 6.18 Å². The molecule has 114 valence electrons. The molecule has 0 fully saturated rings. The van der Waals surface area contributed by atoms with Crippen LogP contribution in [0.2, 0.25) is 0 Å². The van der Waals surface area contributed by atoms with Crippen LogP contribution in [0, 0.1) is 0 Å². The lowest BCUT2D eigenvalue weighted by Crippen LogP contribution is -2.03. The maximum atomic E-state index is 12.6. The Hall–Kier alpha value is -1.92. The minimum absolute atomic E-state index is 0.0340. The van der Waals surface area contributed by atoms with Crippen LogP contribution in [0.3, 0.4) is 0 Å². The Balaban J connectivity index is 2.01. The first-order valence-corrected chi connectivity index (χ1v) is 7.47. The van der Waals surface area contributed by atoms with Crippen molar-refractivity contribution in [3.05, 3.63) is 53.6 Å². The molecular weight excluding hydrogens is 311 g/mol. The minimum atomic E-state index is -4.33. The van der Waals surface area contributed by atoms with Gasteiger partial charge < -0.3 is 5.11 Å². The molecule has 1 N–H and O–H groups in total. The van der Waals surface area contributed by atoms with Crippen LogP contribution in [0.15, 0.2) is 42.5 Å². The lowest BCUT2D eigenvalue weighted by atomic mass is 10.1. The van der Waals surface area contributed by atoms with E-state index in [1.54, 1.807) is 0 Å². The van der Waals surface area contributed by atoms with Gasteiger partial charge in [-0.2, -0.15) is 13.2 Å². The summed E-state index contributed by atoms with van der Waals surface area (Å²) < 4.78 is 38.7. The SMILES string of the molecule is OCCc1cccc2sc(-c3ccc(C(F)(F)F)cc3)nc12. The van der Waals surface area contributed by atoms with Crippen LogP contribution in [-0.2, 0) is 12.6 Å². The maximum absolute atomic E-state index is 12.6. The highest BCUT2D eigenvalue weighted by molar-refractivity contribution is 7.21. The number of alkyl halides is 3. The molecule has 0 aliphatic carbocycles. The normalized spacial score (nSPS) is 12.0. The Bertz CT molecular complexity index is 793. The van der Waals surface area contributed by atoms with Crippen LogP contribution in [0.5, 0.6) is 0 Å². The number of nitrogens with zero attached hydrogens (tertiary/aromatic N) is 1. The number of benzene rings is 2. The van der Waals surface area contributed by atoms with E-state index in [9.17, 15) is 13.2 Å². The predicted octanol–water partition coefficient (Wildman–Crippen LogP) is 4.52. The first-order chi connectivity index (χ1) is 10.5. The molecule has 22 heavy (non-hydrogen) atoms. The van der Waals surface area contributed by atoms with Gasteiger partial charge in [0.15, 0.2) is 0 Å². The van der Waals surface area contributed by atoms with Gasteiger partial charge in [-0.05, 0) is 30.2 Å². The molecule has 0 saturated carbocycles. The van der Waals surface area contributed by atoms with Crippen molar-refractivity contribution in [3.8, 4) is 10.6 Å². The van der Waals surface area contributed by atoms with Crippen molar-refractivity contribution in [2.45, 2.75) is 12.6 Å². The number of para-hydroxylation sites is 1. The first kappa shape index (κ1) is 15.0. The lowest BCUT2D eigenvalue weighted by molar-refractivity contribution is -0.137. The van der Waals surface area contributed by atoms with Crippen LogP contribution >= 0.6 is 11.3 Å². The van der Waals surface area contributed by atoms with Gasteiger partial charge in [0, 0.05) is 12.2 Å². The second-order valence-corrected chi connectivity index (χ2v) is 5.86. The fourth-order valence-corrected chi connectivity index (χ4v) is 3.27. The second-order valence-electron chi connectivity index (χ2n) is 4.83. The quantitative estimate of drug-likeness (QED) is 0.769. The summed E-state index contributed by atoms with van der Waals surface area (Å²) in [6.07, 6.45) is -3.83. The number of aliphatic hydroxyl groups excluding tert-OH is 1. The molecule has 1 heterocycles. The average Bonchev–Trinajstić information content (AvgIpc) is 2.92. The third kappa shape index (κ3) is 2.84. The summed E-state index contributed by atoms with van der Waals surface area (Å²) in [4.78, 5) is 4.52. The Kier molecular flexibility index (Phi) is 3.88. The first-order valence-electron chi connectivity index (χ1n) is 6.66. The molecule has 0 atom stereocenters. The number of hydrogen-bond donors (Lipinski definition) is 1. The molecule has 0 amide bonds. The number of aliphatic hydroxyl groups is 1. The monoisotopic (exact) mass is 323 g/mol. The Labute approximate surface area is 128 Å². The zero-order valence-corrected chi connectivity index (χ0v) is 12.2. The van der Waals surface area contributed by atoms with E-state index in [4.69, 9.17) is 5.11 Å². The van der Waals surface area contributed by atoms with Crippen LogP contribution in [0.25, 0.3) is 20.8 Å². The fourth-order valence-electron chi connectivity index (χ4n) is 2.25. The van der Waals surface area contributed by atoms with Gasteiger partial charge in [-0.25, -0.2) is 4.98 Å². The third-order valence-corrected chi connectivity index (χ3v) is 4.41. The zero-order chi connectivity index (χ0) is 15.7. The van der Waals surface area contributed by atoms with E-state index in [0.29, 0.717) is 17.0 Å². The molecule has 2 aromatic carbocycles. The largest absolute Gasteiger partial charge is 0.416 e. The fraction of sp³-hybridized carbons (Fsp3) is 0.188. The van der Waals surface area contributed by atoms with Gasteiger partial charge in [0.05, 0.1) is 15.8 Å². The Morgan fingerprint density at radius 1 is 1.05 bits per heavy atom. The molecule has 0 bridgehead atoms. The Morgan fingerprint density at radius 2 is 1.77 bits per heavy atom. The molecule has 0 radical (unpaired) electrons. The van der Waals surface area contributed by atoms with Crippen molar-refractivity contribution in [1.29, 1.82) is 0 Å². The summed E-state index contributed by atoms with van der Waals surface area (Å²) in [6, 6.07) is 10.7. The van der Waals surface area contributed by atoms with Crippen LogP contribution in [0.1, 0.15) is 11.1 Å². The van der Waals surface area contributed by atoms with Crippen molar-refractivity contribution >= 4 is 21.6 Å². The maximum Gasteiger partial charge on any atom is 0.416 e. The molecular formula is C16H12F3NOS. The summed E-state index contributed by atoms with van der Waals surface area (Å²) in [5.74, 6) is 0. The highest BCUT2D eigenvalue weighted by atomic mass is 32.1. The lowest BCUT2D eigenvalue weighted by Gasteiger charge is -2.06. The number of thiazole rings is 1. The van der Waals surface area contributed by atoms with E-state index in [2.05, 4.69) is 4.98 Å². The summed E-state index contributed by atoms with van der Waals surface area (Å²) in [5.41, 5.74) is 1.73. The summed E-state index contributed by atoms with van der Waals surface area (Å²) >= 11 is 1.43. The highest BCUT2D eigenvalue weighted by Gasteiger charge is 2.30. The molecule has 0 unspecified atom stereocenters. The van der Waals surface area contributed by atoms with Gasteiger partial charge in [0.25, 0.3) is 0 Å². The summed E-state index contributed by atoms with van der Waals surface area (Å²) in [5, 5.41) is 9.75. The van der Waals surface area contributed by atoms with E-state index in [0.717, 1.165) is 27.9 Å². The summed E-state index contributed by atoms with van der Waals surface area (Å²) in [7, 11) is 0. The molecule has 3 rings (SSSR count). The molecule has 0 spiro atoms. The number of fused-ring (bicyclic) bond motifs is 1. The van der Waals surface area contributed by atoms with Crippen molar-refractivity contribution in [3.63, 3.8) is 0 Å². The molecule has 1 aromatic heterocycles. The van der Waals surface area contributed by atoms with Crippen molar-refractivity contribution in [1.82, 2.24) is 4.98 Å². The molecule has 0 aliphatic rings. The van der Waals surface area contributed by atoms with Gasteiger partial charge in [-0.15, -0.1) is 11.3 Å². The van der Waals surface area contributed by atoms with Crippen LogP contribution in [-0.4, -0.2) is 16.7 Å². The number of rotatable bonds is 3. The van der Waals surface area contributed by atoms with Gasteiger partial charge in [-0.3, -0.25) is 0 Å². The smallest absolute Gasteiger partial charge is 0.396 e. The molecule has 0 saturated heterocycles. The van der Waals surface area contributed by atoms with E-state index in [1.807, 2.05) is 18.2 Å². The van der Waals surface area contributed by atoms with Crippen molar-refractivity contribution in [2.75, 3.05) is 6.61 Å². The standard InChI is InChI=1S/C16H12F3NOS/c17-16(18,19)12-6-4-11(5-7-12)15-20-14-10(8-9-21)2-1-3-13(14)22-15/h1-7,21H,8-9H2. The molecule has 2 nitrogen and oxygen atoms in total. The Morgan fingerprint density at radius 3 is 2.41 bits per heavy atom. The topological polar surface area (TPSA) is 33.1 Å². The molecule has 0 aliphatic heterocycles. The molecule has 6 heteroatoms. The van der Waals surface area contributed by atoms with Gasteiger partial charge in [0.1, 0.15) is 5.01 Å². The number of hydrogen-bond acceptors (Lipinski definition) is 3. The van der Waals surface area contributed by atoms with Crippen LogP contribution < -0.4 is 0 Å². The van der Waals surface area contributed by atoms with Gasteiger partial charge in [-0.1, -0.05) is 24.3 Å². The van der Waals surface area contributed by atoms with Crippen LogP contribution in [0.4, 0.5) is 13.2 Å². The predicted molar refractivity (Wildman–Crippen MR) is 80.8 cm³/mol. The second kappa shape index (κ2) is 5.70. The van der Waals surface area contributed by atoms with E-state index in [-0.39, 0.29) is 6.61 Å². The molecule has 3 aromatic rings. The minimum Gasteiger partial charge on any atom is -0.396 e. The van der Waals surface area contributed by atoms with Crippen molar-refractivity contribution < 1.29 is 18.3 Å². The summed E-state index contributed by atoms with van der Waals surface area (Å²) in [6.45, 7) is 0.0340. The van der Waals surface area contributed by atoms with Gasteiger partial charge in [0.2, 0.25) is 0 Å². The van der Waals surface area contributed by atoms with E-state index < -0.39 is 11.7 Å². The average molecular weight is 323 g/mol. The zero-order valence-electron chi connectivity index (χ0n) is 11.4. The third-order valence-electron chi connectivity index (χ3n) is 3.34. The highest BCUT2D eigenvalue weighted by Crippen LogP contribution is 2.34. The van der Waals surface area contributed by atoms with Crippen molar-refractivity contribution in [2.24, 2.45) is 0 Å². The number of halogens is 3. The van der Waals surface area contributed by atoms with E-state index in [1.165, 1.54) is 23.5 Å².